The molecule has 0 bridgehead atoms. The Bertz CT molecular complexity index is 106. The van der Waals surface area contributed by atoms with Gasteiger partial charge in [0, 0.05) is 0 Å². The summed E-state index contributed by atoms with van der Waals surface area (Å²) in [5.41, 5.74) is 6.78. The summed E-state index contributed by atoms with van der Waals surface area (Å²) in [7, 11) is 0. The monoisotopic (exact) mass is 114 g/mol. The zero-order valence-electron chi connectivity index (χ0n) is 4.89. The molecule has 0 saturated heterocycles. The van der Waals surface area contributed by atoms with Gasteiger partial charge >= 0.3 is 0 Å². The summed E-state index contributed by atoms with van der Waals surface area (Å²) in [4.78, 5) is 20.4. The fourth-order valence-electron chi connectivity index (χ4n) is 0.286. The van der Waals surface area contributed by atoms with Crippen LogP contribution in [-0.2, 0) is 9.59 Å². The Hall–Kier alpha value is -0.700. The average Bonchev–Trinajstić information content (AvgIpc) is 1.64. The molecule has 0 fully saturated rings. The number of carbonyl (C=O) groups excluding carboxylic acids is 2. The lowest BCUT2D eigenvalue weighted by Crippen LogP contribution is -2.26. The van der Waals surface area contributed by atoms with Crippen molar-refractivity contribution in [3.05, 3.63) is 0 Å². The molecular formula is C5H8NO2. The molecule has 0 aromatic carbocycles. The highest BCUT2D eigenvalue weighted by molar-refractivity contribution is 6.03. The van der Waals surface area contributed by atoms with E-state index >= 15 is 0 Å². The van der Waals surface area contributed by atoms with E-state index in [4.69, 9.17) is 5.73 Å². The first-order valence-electron chi connectivity index (χ1n) is 2.27. The maximum absolute atomic E-state index is 10.2. The van der Waals surface area contributed by atoms with Crippen LogP contribution in [0.3, 0.4) is 0 Å². The molecule has 0 spiro atoms. The summed E-state index contributed by atoms with van der Waals surface area (Å²) in [5.74, 6) is -0.782. The molecule has 0 aliphatic rings. The highest BCUT2D eigenvalue weighted by atomic mass is 16.2. The molecule has 45 valence electrons. The molecule has 3 nitrogen and oxygen atoms in total. The Kier molecular flexibility index (Phi) is 2.34. The van der Waals surface area contributed by atoms with E-state index in [1.807, 2.05) is 0 Å². The molecule has 1 radical (unpaired) electrons. The van der Waals surface area contributed by atoms with Crippen LogP contribution in [-0.4, -0.2) is 17.6 Å². The molecule has 1 N–H and O–H groups in total. The SMILES string of the molecule is CC(=O)C([NH])C(C)=O. The smallest absolute Gasteiger partial charge is 0.155 e. The first-order valence-corrected chi connectivity index (χ1v) is 2.27. The molecule has 0 amide bonds. The minimum atomic E-state index is -1.16. The average molecular weight is 114 g/mol. The van der Waals surface area contributed by atoms with Crippen molar-refractivity contribution in [2.45, 2.75) is 19.9 Å². The van der Waals surface area contributed by atoms with E-state index in [0.29, 0.717) is 0 Å². The quantitative estimate of drug-likeness (QED) is 0.467. The first kappa shape index (κ1) is 7.30. The fraction of sp³-hybridized carbons (Fsp3) is 0.600. The van der Waals surface area contributed by atoms with Crippen molar-refractivity contribution >= 4 is 11.6 Å². The third-order valence-electron chi connectivity index (χ3n) is 0.813. The van der Waals surface area contributed by atoms with Gasteiger partial charge in [-0.2, -0.15) is 0 Å². The highest BCUT2D eigenvalue weighted by Gasteiger charge is 2.12. The summed E-state index contributed by atoms with van der Waals surface area (Å²) in [6.45, 7) is 2.47. The van der Waals surface area contributed by atoms with Gasteiger partial charge in [-0.05, 0) is 13.8 Å². The lowest BCUT2D eigenvalue weighted by atomic mass is 10.1. The van der Waals surface area contributed by atoms with Gasteiger partial charge in [0.15, 0.2) is 11.6 Å². The van der Waals surface area contributed by atoms with Crippen molar-refractivity contribution in [1.29, 1.82) is 0 Å². The molecule has 8 heavy (non-hydrogen) atoms. The van der Waals surface area contributed by atoms with Crippen LogP contribution in [0.1, 0.15) is 13.8 Å². The highest BCUT2D eigenvalue weighted by Crippen LogP contribution is 1.83. The number of hydrogen-bond acceptors (Lipinski definition) is 2. The van der Waals surface area contributed by atoms with Crippen LogP contribution in [0, 0.1) is 0 Å². The van der Waals surface area contributed by atoms with Crippen molar-refractivity contribution in [2.75, 3.05) is 0 Å². The van der Waals surface area contributed by atoms with E-state index in [2.05, 4.69) is 0 Å². The van der Waals surface area contributed by atoms with Crippen LogP contribution in [0.15, 0.2) is 0 Å². The van der Waals surface area contributed by atoms with Crippen molar-refractivity contribution in [1.82, 2.24) is 5.73 Å². The van der Waals surface area contributed by atoms with E-state index in [1.54, 1.807) is 0 Å². The number of hydrogen-bond donors (Lipinski definition) is 0. The van der Waals surface area contributed by atoms with Crippen LogP contribution in [0.5, 0.6) is 0 Å². The van der Waals surface area contributed by atoms with E-state index in [0.717, 1.165) is 0 Å². The van der Waals surface area contributed by atoms with Crippen molar-refractivity contribution in [3.63, 3.8) is 0 Å². The molecule has 0 aliphatic heterocycles. The molecule has 0 unspecified atom stereocenters. The molecule has 0 atom stereocenters. The van der Waals surface area contributed by atoms with Crippen molar-refractivity contribution in [3.8, 4) is 0 Å². The Balaban J connectivity index is 3.83. The fourth-order valence-corrected chi connectivity index (χ4v) is 0.286. The topological polar surface area (TPSA) is 57.9 Å². The minimum absolute atomic E-state index is 0.391. The zero-order valence-corrected chi connectivity index (χ0v) is 4.89. The van der Waals surface area contributed by atoms with Crippen LogP contribution < -0.4 is 5.73 Å². The van der Waals surface area contributed by atoms with Crippen LogP contribution in [0.2, 0.25) is 0 Å². The number of Topliss-reactive ketones (excluding diaryl/α,β-unsaturated/α-hetero) is 2. The molecule has 0 rings (SSSR count). The second kappa shape index (κ2) is 2.57. The Morgan fingerprint density at radius 3 is 1.50 bits per heavy atom. The molecule has 0 aromatic heterocycles. The standard InChI is InChI=1S/C5H8NO2/c1-3(7)5(6)4(2)8/h5-6H,1-2H3. The van der Waals surface area contributed by atoms with Crippen molar-refractivity contribution in [2.24, 2.45) is 0 Å². The second-order valence-corrected chi connectivity index (χ2v) is 1.65. The van der Waals surface area contributed by atoms with Crippen LogP contribution in [0.4, 0.5) is 0 Å². The number of nitrogens with one attached hydrogen (secondary N) is 1. The van der Waals surface area contributed by atoms with E-state index < -0.39 is 17.6 Å². The lowest BCUT2D eigenvalue weighted by molar-refractivity contribution is -0.126. The molecule has 0 heterocycles. The predicted octanol–water partition coefficient (Wildman–Crippen LogP) is -0.184. The minimum Gasteiger partial charge on any atom is -0.298 e. The van der Waals surface area contributed by atoms with Gasteiger partial charge in [0.2, 0.25) is 0 Å². The number of carbonyl (C=O) groups is 2. The Labute approximate surface area is 47.9 Å². The maximum atomic E-state index is 10.2. The second-order valence-electron chi connectivity index (χ2n) is 1.65. The van der Waals surface area contributed by atoms with Gasteiger partial charge in [0.25, 0.3) is 0 Å². The van der Waals surface area contributed by atoms with Gasteiger partial charge in [-0.15, -0.1) is 0 Å². The van der Waals surface area contributed by atoms with Gasteiger partial charge in [0.1, 0.15) is 6.04 Å². The third kappa shape index (κ3) is 1.84. The molecule has 0 aliphatic carbocycles. The van der Waals surface area contributed by atoms with Gasteiger partial charge in [-0.3, -0.25) is 9.59 Å². The van der Waals surface area contributed by atoms with Gasteiger partial charge in [-0.25, -0.2) is 5.73 Å². The number of ketones is 2. The van der Waals surface area contributed by atoms with E-state index in [1.165, 1.54) is 13.8 Å². The summed E-state index contributed by atoms with van der Waals surface area (Å²) in [5, 5.41) is 0. The summed E-state index contributed by atoms with van der Waals surface area (Å²) in [6, 6.07) is -1.16. The van der Waals surface area contributed by atoms with E-state index in [-0.39, 0.29) is 0 Å². The Morgan fingerprint density at radius 1 is 1.25 bits per heavy atom. The predicted molar refractivity (Wildman–Crippen MR) is 28.2 cm³/mol. The molecule has 0 saturated carbocycles. The van der Waals surface area contributed by atoms with Gasteiger partial charge < -0.3 is 0 Å². The summed E-state index contributed by atoms with van der Waals surface area (Å²) >= 11 is 0. The Morgan fingerprint density at radius 2 is 1.50 bits per heavy atom. The van der Waals surface area contributed by atoms with Gasteiger partial charge in [0.05, 0.1) is 0 Å². The van der Waals surface area contributed by atoms with Crippen molar-refractivity contribution < 1.29 is 9.59 Å². The molecule has 0 aromatic rings. The van der Waals surface area contributed by atoms with Gasteiger partial charge in [-0.1, -0.05) is 0 Å². The largest absolute Gasteiger partial charge is 0.298 e. The molecular weight excluding hydrogens is 106 g/mol. The zero-order chi connectivity index (χ0) is 6.73. The van der Waals surface area contributed by atoms with Crippen LogP contribution in [0.25, 0.3) is 0 Å². The summed E-state index contributed by atoms with van der Waals surface area (Å²) in [6.07, 6.45) is 0. The lowest BCUT2D eigenvalue weighted by Gasteiger charge is -1.96. The third-order valence-corrected chi connectivity index (χ3v) is 0.813. The van der Waals surface area contributed by atoms with Crippen LogP contribution >= 0.6 is 0 Å². The maximum Gasteiger partial charge on any atom is 0.155 e. The first-order chi connectivity index (χ1) is 3.55. The van der Waals surface area contributed by atoms with E-state index in [9.17, 15) is 9.59 Å². The number of rotatable bonds is 2. The summed E-state index contributed by atoms with van der Waals surface area (Å²) < 4.78 is 0. The molecule has 3 heteroatoms. The normalized spacial score (nSPS) is 9.50.